The van der Waals surface area contributed by atoms with Crippen LogP contribution in [0, 0.1) is 0 Å². The van der Waals surface area contributed by atoms with E-state index in [1.54, 1.807) is 49.4 Å². The third-order valence-corrected chi connectivity index (χ3v) is 5.56. The number of carbonyl (C=O) groups excluding carboxylic acids is 3. The number of carbonyl (C=O) groups is 3. The molecule has 2 aromatic carbocycles. The first-order chi connectivity index (χ1) is 15.8. The fraction of sp³-hybridized carbons (Fsp3) is 0.261. The lowest BCUT2D eigenvalue weighted by molar-refractivity contribution is -0.122. The zero-order valence-electron chi connectivity index (χ0n) is 18.5. The number of anilines is 2. The van der Waals surface area contributed by atoms with E-state index in [0.717, 1.165) is 23.1 Å². The second-order valence-corrected chi connectivity index (χ2v) is 8.35. The van der Waals surface area contributed by atoms with Crippen LogP contribution in [0.3, 0.4) is 0 Å². The van der Waals surface area contributed by atoms with Crippen molar-refractivity contribution in [2.45, 2.75) is 32.4 Å². The second kappa shape index (κ2) is 11.3. The lowest BCUT2D eigenvalue weighted by Crippen LogP contribution is -2.28. The summed E-state index contributed by atoms with van der Waals surface area (Å²) >= 11 is 1.16. The number of amides is 3. The summed E-state index contributed by atoms with van der Waals surface area (Å²) in [5.41, 5.74) is 2.68. The number of nitrogens with one attached hydrogen (secondary N) is 3. The maximum Gasteiger partial charge on any atom is 0.240 e. The first-order valence-corrected chi connectivity index (χ1v) is 11.2. The Bertz CT molecular complexity index is 1100. The summed E-state index contributed by atoms with van der Waals surface area (Å²) in [6.07, 6.45) is 0.00416. The predicted octanol–water partition coefficient (Wildman–Crippen LogP) is 3.38. The minimum absolute atomic E-state index is 0.00416. The molecular formula is C23H25N5O4S. The SMILES string of the molecule is CCOc1ccc(NC(=O)C[C@@H]2S/C(=N/N=C(/C)c3cccc(NC(C)=O)c3)NC2=O)cc1. The molecule has 3 amide bonds. The highest BCUT2D eigenvalue weighted by Gasteiger charge is 2.32. The molecule has 0 radical (unpaired) electrons. The van der Waals surface area contributed by atoms with Gasteiger partial charge in [0.2, 0.25) is 17.7 Å². The first-order valence-electron chi connectivity index (χ1n) is 10.3. The summed E-state index contributed by atoms with van der Waals surface area (Å²) < 4.78 is 5.38. The number of thioether (sulfide) groups is 1. The van der Waals surface area contributed by atoms with Crippen molar-refractivity contribution in [3.8, 4) is 5.75 Å². The summed E-state index contributed by atoms with van der Waals surface area (Å²) in [7, 11) is 0. The Kier molecular flexibility index (Phi) is 8.20. The van der Waals surface area contributed by atoms with Crippen LogP contribution < -0.4 is 20.7 Å². The Morgan fingerprint density at radius 1 is 1.09 bits per heavy atom. The molecule has 0 bridgehead atoms. The van der Waals surface area contributed by atoms with Crippen LogP contribution in [-0.2, 0) is 14.4 Å². The molecule has 1 fully saturated rings. The van der Waals surface area contributed by atoms with Gasteiger partial charge in [-0.05, 0) is 55.8 Å². The summed E-state index contributed by atoms with van der Waals surface area (Å²) in [5.74, 6) is -0.00643. The normalized spacial score (nSPS) is 16.9. The smallest absolute Gasteiger partial charge is 0.240 e. The van der Waals surface area contributed by atoms with E-state index >= 15 is 0 Å². The Hall–Kier alpha value is -3.66. The molecule has 172 valence electrons. The Labute approximate surface area is 196 Å². The van der Waals surface area contributed by atoms with Crippen molar-refractivity contribution in [2.24, 2.45) is 10.2 Å². The predicted molar refractivity (Wildman–Crippen MR) is 131 cm³/mol. The van der Waals surface area contributed by atoms with E-state index in [1.807, 2.05) is 13.0 Å². The Balaban J connectivity index is 1.57. The van der Waals surface area contributed by atoms with Crippen LogP contribution in [0.15, 0.2) is 58.7 Å². The molecule has 0 unspecified atom stereocenters. The van der Waals surface area contributed by atoms with Gasteiger partial charge in [-0.2, -0.15) is 5.10 Å². The fourth-order valence-corrected chi connectivity index (χ4v) is 3.89. The number of ether oxygens (including phenoxy) is 1. The van der Waals surface area contributed by atoms with Gasteiger partial charge in [0.25, 0.3) is 0 Å². The molecule has 1 aliphatic rings. The van der Waals surface area contributed by atoms with Crippen molar-refractivity contribution in [2.75, 3.05) is 17.2 Å². The molecule has 9 nitrogen and oxygen atoms in total. The number of nitrogens with zero attached hydrogens (tertiary/aromatic N) is 2. The van der Waals surface area contributed by atoms with Crippen molar-refractivity contribution < 1.29 is 19.1 Å². The van der Waals surface area contributed by atoms with E-state index < -0.39 is 5.25 Å². The van der Waals surface area contributed by atoms with Crippen LogP contribution in [0.25, 0.3) is 0 Å². The van der Waals surface area contributed by atoms with Crippen LogP contribution in [-0.4, -0.2) is 40.5 Å². The number of amidine groups is 1. The van der Waals surface area contributed by atoms with Gasteiger partial charge in [-0.3, -0.25) is 14.4 Å². The van der Waals surface area contributed by atoms with E-state index in [9.17, 15) is 14.4 Å². The van der Waals surface area contributed by atoms with Gasteiger partial charge in [0, 0.05) is 24.7 Å². The summed E-state index contributed by atoms with van der Waals surface area (Å²) in [5, 5.41) is 16.2. The topological polar surface area (TPSA) is 121 Å². The van der Waals surface area contributed by atoms with Crippen LogP contribution >= 0.6 is 11.8 Å². The van der Waals surface area contributed by atoms with Gasteiger partial charge in [-0.15, -0.1) is 5.10 Å². The minimum atomic E-state index is -0.593. The van der Waals surface area contributed by atoms with E-state index in [4.69, 9.17) is 4.74 Å². The van der Waals surface area contributed by atoms with E-state index in [-0.39, 0.29) is 24.1 Å². The molecule has 0 spiro atoms. The van der Waals surface area contributed by atoms with Crippen molar-refractivity contribution in [1.29, 1.82) is 0 Å². The van der Waals surface area contributed by atoms with Gasteiger partial charge >= 0.3 is 0 Å². The lowest BCUT2D eigenvalue weighted by Gasteiger charge is -2.08. The van der Waals surface area contributed by atoms with Gasteiger partial charge in [0.15, 0.2) is 5.17 Å². The van der Waals surface area contributed by atoms with E-state index in [0.29, 0.717) is 28.9 Å². The van der Waals surface area contributed by atoms with E-state index in [2.05, 4.69) is 26.2 Å². The van der Waals surface area contributed by atoms with Gasteiger partial charge < -0.3 is 20.7 Å². The molecule has 0 saturated carbocycles. The zero-order chi connectivity index (χ0) is 23.8. The fourth-order valence-electron chi connectivity index (χ4n) is 2.97. The van der Waals surface area contributed by atoms with Crippen LogP contribution in [0.4, 0.5) is 11.4 Å². The van der Waals surface area contributed by atoms with Gasteiger partial charge in [-0.25, -0.2) is 0 Å². The molecule has 0 aromatic heterocycles. The number of rotatable bonds is 8. The third kappa shape index (κ3) is 7.18. The summed E-state index contributed by atoms with van der Waals surface area (Å²) in [6.45, 7) is 5.68. The average Bonchev–Trinajstić information content (AvgIpc) is 3.12. The molecule has 33 heavy (non-hydrogen) atoms. The standard InChI is InChI=1S/C23H25N5O4S/c1-4-32-19-10-8-17(9-11-19)25-21(30)13-20-22(31)26-23(33-20)28-27-14(2)16-6-5-7-18(12-16)24-15(3)29/h5-12,20H,4,13H2,1-3H3,(H,24,29)(H,25,30)(H,26,28,31)/b27-14-/t20-/m0/s1. The van der Waals surface area contributed by atoms with Crippen molar-refractivity contribution in [3.63, 3.8) is 0 Å². The highest BCUT2D eigenvalue weighted by molar-refractivity contribution is 8.15. The van der Waals surface area contributed by atoms with Crippen molar-refractivity contribution in [1.82, 2.24) is 5.32 Å². The monoisotopic (exact) mass is 467 g/mol. The molecule has 1 atom stereocenters. The van der Waals surface area contributed by atoms with Crippen molar-refractivity contribution >= 4 is 51.7 Å². The molecule has 1 saturated heterocycles. The van der Waals surface area contributed by atoms with Gasteiger partial charge in [0.05, 0.1) is 12.3 Å². The molecule has 0 aliphatic carbocycles. The molecular weight excluding hydrogens is 442 g/mol. The number of hydrogen-bond acceptors (Lipinski definition) is 7. The maximum atomic E-state index is 12.4. The Morgan fingerprint density at radius 2 is 1.85 bits per heavy atom. The molecule has 1 heterocycles. The maximum absolute atomic E-state index is 12.4. The van der Waals surface area contributed by atoms with Crippen LogP contribution in [0.2, 0.25) is 0 Å². The number of hydrogen-bond donors (Lipinski definition) is 3. The molecule has 3 N–H and O–H groups in total. The molecule has 3 rings (SSSR count). The zero-order valence-corrected chi connectivity index (χ0v) is 19.4. The second-order valence-electron chi connectivity index (χ2n) is 7.16. The molecule has 1 aliphatic heterocycles. The quantitative estimate of drug-likeness (QED) is 0.406. The molecule has 10 heteroatoms. The van der Waals surface area contributed by atoms with E-state index in [1.165, 1.54) is 6.92 Å². The van der Waals surface area contributed by atoms with Crippen molar-refractivity contribution in [3.05, 3.63) is 54.1 Å². The highest BCUT2D eigenvalue weighted by atomic mass is 32.2. The lowest BCUT2D eigenvalue weighted by atomic mass is 10.1. The Morgan fingerprint density at radius 3 is 2.55 bits per heavy atom. The summed E-state index contributed by atoms with van der Waals surface area (Å²) in [4.78, 5) is 35.8. The number of benzene rings is 2. The van der Waals surface area contributed by atoms with Gasteiger partial charge in [-0.1, -0.05) is 23.9 Å². The largest absolute Gasteiger partial charge is 0.494 e. The van der Waals surface area contributed by atoms with Gasteiger partial charge in [0.1, 0.15) is 11.0 Å². The van der Waals surface area contributed by atoms with Crippen LogP contribution in [0.1, 0.15) is 32.8 Å². The summed E-state index contributed by atoms with van der Waals surface area (Å²) in [6, 6.07) is 14.2. The molecule has 2 aromatic rings. The first kappa shape index (κ1) is 24.0. The minimum Gasteiger partial charge on any atom is -0.494 e. The highest BCUT2D eigenvalue weighted by Crippen LogP contribution is 2.24. The third-order valence-electron chi connectivity index (χ3n) is 4.49. The average molecular weight is 468 g/mol. The van der Waals surface area contributed by atoms with Crippen LogP contribution in [0.5, 0.6) is 5.75 Å².